The number of fused-ring (bicyclic) bond motifs is 1. The molecule has 0 bridgehead atoms. The monoisotopic (exact) mass is 464 g/mol. The Bertz CT molecular complexity index is 1300. The van der Waals surface area contributed by atoms with Gasteiger partial charge in [0.15, 0.2) is 5.78 Å². The van der Waals surface area contributed by atoms with E-state index in [0.717, 1.165) is 5.56 Å². The van der Waals surface area contributed by atoms with Gasteiger partial charge in [-0.2, -0.15) is 0 Å². The zero-order valence-electron chi connectivity index (χ0n) is 18.3. The van der Waals surface area contributed by atoms with Gasteiger partial charge in [-0.05, 0) is 61.9 Å². The maximum Gasteiger partial charge on any atom is 0.255 e. The van der Waals surface area contributed by atoms with E-state index in [1.54, 1.807) is 12.1 Å². The van der Waals surface area contributed by atoms with E-state index in [1.807, 2.05) is 44.2 Å². The van der Waals surface area contributed by atoms with E-state index in [2.05, 4.69) is 10.0 Å². The van der Waals surface area contributed by atoms with Gasteiger partial charge >= 0.3 is 0 Å². The first-order chi connectivity index (χ1) is 15.6. The summed E-state index contributed by atoms with van der Waals surface area (Å²) >= 11 is 0. The molecule has 0 saturated carbocycles. The van der Waals surface area contributed by atoms with E-state index in [9.17, 15) is 18.0 Å². The van der Waals surface area contributed by atoms with Crippen LogP contribution in [0.3, 0.4) is 0 Å². The molecular weight excluding hydrogens is 440 g/mol. The molecule has 0 spiro atoms. The lowest BCUT2D eigenvalue weighted by Gasteiger charge is -2.31. The maximum atomic E-state index is 12.7. The van der Waals surface area contributed by atoms with Crippen molar-refractivity contribution < 1.29 is 22.7 Å². The maximum absolute atomic E-state index is 12.7. The van der Waals surface area contributed by atoms with Crippen molar-refractivity contribution in [2.75, 3.05) is 5.32 Å². The summed E-state index contributed by atoms with van der Waals surface area (Å²) in [5.74, 6) is -0.0212. The molecular formula is C25H24N2O5S. The second-order valence-corrected chi connectivity index (χ2v) is 10.2. The number of Topliss-reactive ketones (excluding diaryl/α,β-unsaturated/α-hetero) is 1. The number of carbonyl (C=O) groups excluding carboxylic acids is 2. The lowest BCUT2D eigenvalue weighted by atomic mass is 9.92. The number of ether oxygens (including phenoxy) is 1. The molecule has 2 N–H and O–H groups in total. The van der Waals surface area contributed by atoms with Crippen molar-refractivity contribution in [1.82, 2.24) is 4.72 Å². The predicted molar refractivity (Wildman–Crippen MR) is 125 cm³/mol. The zero-order valence-corrected chi connectivity index (χ0v) is 19.1. The smallest absolute Gasteiger partial charge is 0.255 e. The average Bonchev–Trinajstić information content (AvgIpc) is 2.78. The predicted octanol–water partition coefficient (Wildman–Crippen LogP) is 4.16. The second-order valence-electron chi connectivity index (χ2n) is 8.46. The third-order valence-corrected chi connectivity index (χ3v) is 6.66. The van der Waals surface area contributed by atoms with Crippen LogP contribution in [0.1, 0.15) is 46.5 Å². The fourth-order valence-electron chi connectivity index (χ4n) is 3.57. The Balaban J connectivity index is 1.43. The Morgan fingerprint density at radius 3 is 2.39 bits per heavy atom. The summed E-state index contributed by atoms with van der Waals surface area (Å²) in [5, 5.41) is 2.73. The molecule has 33 heavy (non-hydrogen) atoms. The van der Waals surface area contributed by atoms with Crippen LogP contribution in [0, 0.1) is 0 Å². The quantitative estimate of drug-likeness (QED) is 0.570. The molecule has 0 atom stereocenters. The summed E-state index contributed by atoms with van der Waals surface area (Å²) in [7, 11) is -3.70. The van der Waals surface area contributed by atoms with E-state index < -0.39 is 21.5 Å². The molecule has 170 valence electrons. The van der Waals surface area contributed by atoms with Crippen LogP contribution in [0.2, 0.25) is 0 Å². The normalized spacial score (nSPS) is 14.8. The molecule has 1 amide bonds. The number of carbonyl (C=O) groups is 2. The SMILES string of the molecule is CC1(C)CC(=O)c2cc(C(=O)Nc3ccc(S(=O)(=O)NCc4ccccc4)cc3)ccc2O1. The highest BCUT2D eigenvalue weighted by molar-refractivity contribution is 7.89. The van der Waals surface area contributed by atoms with Crippen molar-refractivity contribution in [2.24, 2.45) is 0 Å². The number of nitrogens with one attached hydrogen (secondary N) is 2. The summed E-state index contributed by atoms with van der Waals surface area (Å²) in [6.45, 7) is 3.87. The van der Waals surface area contributed by atoms with E-state index in [1.165, 1.54) is 30.3 Å². The van der Waals surface area contributed by atoms with Crippen LogP contribution in [0.15, 0.2) is 77.7 Å². The Labute approximate surface area is 192 Å². The molecule has 0 aromatic heterocycles. The van der Waals surface area contributed by atoms with E-state index in [-0.39, 0.29) is 23.6 Å². The van der Waals surface area contributed by atoms with Crippen molar-refractivity contribution in [3.63, 3.8) is 0 Å². The number of benzene rings is 3. The first-order valence-electron chi connectivity index (χ1n) is 10.4. The van der Waals surface area contributed by atoms with Crippen LogP contribution in [0.5, 0.6) is 5.75 Å². The molecule has 0 fully saturated rings. The summed E-state index contributed by atoms with van der Waals surface area (Å²) in [6, 6.07) is 19.8. The summed E-state index contributed by atoms with van der Waals surface area (Å²) in [5.41, 5.74) is 1.40. The molecule has 0 unspecified atom stereocenters. The third kappa shape index (κ3) is 5.30. The van der Waals surface area contributed by atoms with Gasteiger partial charge in [0.05, 0.1) is 16.9 Å². The molecule has 1 heterocycles. The average molecular weight is 465 g/mol. The standard InChI is InChI=1S/C25H24N2O5S/c1-25(2)15-22(28)21-14-18(8-13-23(21)32-25)24(29)27-19-9-11-20(12-10-19)33(30,31)26-16-17-6-4-3-5-7-17/h3-14,26H,15-16H2,1-2H3,(H,27,29). The van der Waals surface area contributed by atoms with Gasteiger partial charge in [0.1, 0.15) is 11.4 Å². The first-order valence-corrected chi connectivity index (χ1v) is 11.9. The molecule has 0 aliphatic carbocycles. The summed E-state index contributed by atoms with van der Waals surface area (Å²) in [6.07, 6.45) is 0.235. The summed E-state index contributed by atoms with van der Waals surface area (Å²) < 4.78 is 33.4. The number of rotatable bonds is 6. The van der Waals surface area contributed by atoms with Crippen LogP contribution >= 0.6 is 0 Å². The molecule has 0 radical (unpaired) electrons. The van der Waals surface area contributed by atoms with E-state index in [0.29, 0.717) is 22.6 Å². The molecule has 8 heteroatoms. The van der Waals surface area contributed by atoms with Gasteiger partial charge in [-0.1, -0.05) is 30.3 Å². The van der Waals surface area contributed by atoms with Gasteiger partial charge in [-0.3, -0.25) is 9.59 Å². The van der Waals surface area contributed by atoms with Gasteiger partial charge in [0.25, 0.3) is 5.91 Å². The first kappa shape index (κ1) is 22.7. The minimum Gasteiger partial charge on any atom is -0.487 e. The Morgan fingerprint density at radius 1 is 1.00 bits per heavy atom. The number of hydrogen-bond donors (Lipinski definition) is 2. The van der Waals surface area contributed by atoms with Gasteiger partial charge in [0, 0.05) is 17.8 Å². The Hall–Kier alpha value is -3.49. The van der Waals surface area contributed by atoms with E-state index in [4.69, 9.17) is 4.74 Å². The van der Waals surface area contributed by atoms with Gasteiger partial charge in [-0.15, -0.1) is 0 Å². The van der Waals surface area contributed by atoms with Gasteiger partial charge in [0.2, 0.25) is 10.0 Å². The van der Waals surface area contributed by atoms with Crippen molar-refractivity contribution in [2.45, 2.75) is 37.3 Å². The highest BCUT2D eigenvalue weighted by Gasteiger charge is 2.32. The highest BCUT2D eigenvalue weighted by Crippen LogP contribution is 2.33. The highest BCUT2D eigenvalue weighted by atomic mass is 32.2. The van der Waals surface area contributed by atoms with E-state index >= 15 is 0 Å². The minimum atomic E-state index is -3.70. The number of hydrogen-bond acceptors (Lipinski definition) is 5. The molecule has 3 aromatic rings. The Kier molecular flexibility index (Phi) is 6.05. The van der Waals surface area contributed by atoms with Crippen LogP contribution in [0.4, 0.5) is 5.69 Å². The zero-order chi connectivity index (χ0) is 23.6. The molecule has 0 saturated heterocycles. The topological polar surface area (TPSA) is 102 Å². The second kappa shape index (κ2) is 8.80. The number of anilines is 1. The molecule has 1 aliphatic heterocycles. The lowest BCUT2D eigenvalue weighted by Crippen LogP contribution is -2.36. The van der Waals surface area contributed by atoms with Crippen molar-refractivity contribution in [1.29, 1.82) is 0 Å². The number of ketones is 1. The summed E-state index contributed by atoms with van der Waals surface area (Å²) in [4.78, 5) is 25.2. The van der Waals surface area contributed by atoms with Crippen LogP contribution in [-0.4, -0.2) is 25.7 Å². The van der Waals surface area contributed by atoms with Crippen LogP contribution in [0.25, 0.3) is 0 Å². The van der Waals surface area contributed by atoms with Crippen LogP contribution in [-0.2, 0) is 16.6 Å². The third-order valence-electron chi connectivity index (χ3n) is 5.25. The van der Waals surface area contributed by atoms with Crippen molar-refractivity contribution >= 4 is 27.4 Å². The van der Waals surface area contributed by atoms with Crippen molar-refractivity contribution in [3.8, 4) is 5.75 Å². The fourth-order valence-corrected chi connectivity index (χ4v) is 4.59. The molecule has 1 aliphatic rings. The minimum absolute atomic E-state index is 0.0755. The molecule has 3 aromatic carbocycles. The van der Waals surface area contributed by atoms with Gasteiger partial charge in [-0.25, -0.2) is 13.1 Å². The number of amides is 1. The molecule has 7 nitrogen and oxygen atoms in total. The largest absolute Gasteiger partial charge is 0.487 e. The molecule has 4 rings (SSSR count). The fraction of sp³-hybridized carbons (Fsp3) is 0.200. The number of sulfonamides is 1. The Morgan fingerprint density at radius 2 is 1.70 bits per heavy atom. The van der Waals surface area contributed by atoms with Crippen LogP contribution < -0.4 is 14.8 Å². The van der Waals surface area contributed by atoms with Crippen molar-refractivity contribution in [3.05, 3.63) is 89.5 Å². The lowest BCUT2D eigenvalue weighted by molar-refractivity contribution is 0.0620. The van der Waals surface area contributed by atoms with Gasteiger partial charge < -0.3 is 10.1 Å².